The van der Waals surface area contributed by atoms with Gasteiger partial charge in [0.25, 0.3) is 0 Å². The van der Waals surface area contributed by atoms with Crippen LogP contribution < -0.4 is 9.64 Å². The number of carboxylic acid groups (broad SMARTS) is 1. The van der Waals surface area contributed by atoms with Crippen molar-refractivity contribution in [3.63, 3.8) is 0 Å². The van der Waals surface area contributed by atoms with E-state index < -0.39 is 5.97 Å². The second-order valence-corrected chi connectivity index (χ2v) is 6.73. The number of para-hydroxylation sites is 1. The molecule has 2 aromatic carbocycles. The van der Waals surface area contributed by atoms with E-state index in [1.807, 2.05) is 48.3 Å². The Morgan fingerprint density at radius 1 is 1.07 bits per heavy atom. The van der Waals surface area contributed by atoms with Gasteiger partial charge in [-0.15, -0.1) is 0 Å². The van der Waals surface area contributed by atoms with Gasteiger partial charge in [-0.1, -0.05) is 18.2 Å². The highest BCUT2D eigenvalue weighted by molar-refractivity contribution is 5.91. The second-order valence-electron chi connectivity index (χ2n) is 6.73. The SMILES string of the molecule is CN(CCOc1cccc(C(=O)O)c1)c1nc(-c2cccnc2)nc2ccccc12. The topological polar surface area (TPSA) is 88.4 Å². The van der Waals surface area contributed by atoms with E-state index in [9.17, 15) is 4.79 Å². The summed E-state index contributed by atoms with van der Waals surface area (Å²) in [6, 6.07) is 18.1. The van der Waals surface area contributed by atoms with Crippen LogP contribution in [0.3, 0.4) is 0 Å². The lowest BCUT2D eigenvalue weighted by Gasteiger charge is -2.21. The van der Waals surface area contributed by atoms with Crippen molar-refractivity contribution >= 4 is 22.7 Å². The number of aromatic carboxylic acids is 1. The third-order valence-electron chi connectivity index (χ3n) is 4.64. The van der Waals surface area contributed by atoms with E-state index in [1.165, 1.54) is 12.1 Å². The van der Waals surface area contributed by atoms with Crippen molar-refractivity contribution in [2.45, 2.75) is 0 Å². The zero-order valence-electron chi connectivity index (χ0n) is 16.4. The van der Waals surface area contributed by atoms with Gasteiger partial charge in [-0.2, -0.15) is 0 Å². The summed E-state index contributed by atoms with van der Waals surface area (Å²) in [7, 11) is 1.94. The normalized spacial score (nSPS) is 10.7. The number of rotatable bonds is 7. The van der Waals surface area contributed by atoms with Crippen LogP contribution in [0.15, 0.2) is 73.1 Å². The van der Waals surface area contributed by atoms with Crippen LogP contribution in [-0.4, -0.2) is 46.2 Å². The molecular weight excluding hydrogens is 380 g/mol. The molecule has 7 heteroatoms. The third-order valence-corrected chi connectivity index (χ3v) is 4.64. The molecule has 0 radical (unpaired) electrons. The molecule has 2 aromatic heterocycles. The lowest BCUT2D eigenvalue weighted by molar-refractivity contribution is 0.0696. The van der Waals surface area contributed by atoms with Crippen LogP contribution in [0.5, 0.6) is 5.75 Å². The smallest absolute Gasteiger partial charge is 0.335 e. The molecule has 30 heavy (non-hydrogen) atoms. The van der Waals surface area contributed by atoms with E-state index in [1.54, 1.807) is 24.5 Å². The Balaban J connectivity index is 1.56. The Morgan fingerprint density at radius 2 is 1.93 bits per heavy atom. The zero-order chi connectivity index (χ0) is 20.9. The summed E-state index contributed by atoms with van der Waals surface area (Å²) in [6.07, 6.45) is 3.46. The van der Waals surface area contributed by atoms with Crippen LogP contribution in [-0.2, 0) is 0 Å². The first kappa shape index (κ1) is 19.3. The average Bonchev–Trinajstić information content (AvgIpc) is 2.79. The number of aromatic nitrogens is 3. The number of nitrogens with zero attached hydrogens (tertiary/aromatic N) is 4. The van der Waals surface area contributed by atoms with Crippen molar-refractivity contribution in [1.29, 1.82) is 0 Å². The van der Waals surface area contributed by atoms with Gasteiger partial charge < -0.3 is 14.7 Å². The van der Waals surface area contributed by atoms with Gasteiger partial charge in [0.15, 0.2) is 5.82 Å². The minimum atomic E-state index is -0.979. The molecule has 150 valence electrons. The van der Waals surface area contributed by atoms with E-state index >= 15 is 0 Å². The Morgan fingerprint density at radius 3 is 2.73 bits per heavy atom. The molecule has 0 aliphatic carbocycles. The predicted octanol–water partition coefficient (Wildman–Crippen LogP) is 3.91. The maximum Gasteiger partial charge on any atom is 0.335 e. The van der Waals surface area contributed by atoms with E-state index in [2.05, 4.69) is 9.97 Å². The highest BCUT2D eigenvalue weighted by Gasteiger charge is 2.13. The van der Waals surface area contributed by atoms with Crippen LogP contribution in [0.4, 0.5) is 5.82 Å². The maximum atomic E-state index is 11.1. The fourth-order valence-electron chi connectivity index (χ4n) is 3.10. The van der Waals surface area contributed by atoms with Crippen LogP contribution >= 0.6 is 0 Å². The molecule has 0 atom stereocenters. The van der Waals surface area contributed by atoms with Crippen molar-refractivity contribution in [3.8, 4) is 17.1 Å². The fraction of sp³-hybridized carbons (Fsp3) is 0.130. The number of carbonyl (C=O) groups is 1. The molecule has 4 aromatic rings. The number of pyridine rings is 1. The Labute approximate surface area is 173 Å². The van der Waals surface area contributed by atoms with Gasteiger partial charge in [0.05, 0.1) is 17.6 Å². The highest BCUT2D eigenvalue weighted by Crippen LogP contribution is 2.26. The first-order chi connectivity index (χ1) is 14.6. The molecule has 0 fully saturated rings. The highest BCUT2D eigenvalue weighted by atomic mass is 16.5. The number of anilines is 1. The molecule has 0 amide bonds. The summed E-state index contributed by atoms with van der Waals surface area (Å²) in [6.45, 7) is 0.935. The molecule has 0 saturated heterocycles. The summed E-state index contributed by atoms with van der Waals surface area (Å²) >= 11 is 0. The lowest BCUT2D eigenvalue weighted by Crippen LogP contribution is -2.25. The molecule has 0 bridgehead atoms. The average molecular weight is 400 g/mol. The minimum absolute atomic E-state index is 0.198. The maximum absolute atomic E-state index is 11.1. The number of fused-ring (bicyclic) bond motifs is 1. The molecular formula is C23H20N4O3. The van der Waals surface area contributed by atoms with Gasteiger partial charge in [0.1, 0.15) is 18.2 Å². The van der Waals surface area contributed by atoms with E-state index in [0.29, 0.717) is 24.7 Å². The molecule has 2 heterocycles. The number of likely N-dealkylation sites (N-methyl/N-ethyl adjacent to an activating group) is 1. The fourth-order valence-corrected chi connectivity index (χ4v) is 3.10. The van der Waals surface area contributed by atoms with Crippen LogP contribution in [0.1, 0.15) is 10.4 Å². The summed E-state index contributed by atoms with van der Waals surface area (Å²) in [4.78, 5) is 26.7. The molecule has 0 saturated carbocycles. The number of benzene rings is 2. The molecule has 1 N–H and O–H groups in total. The number of hydrogen-bond donors (Lipinski definition) is 1. The van der Waals surface area contributed by atoms with E-state index in [0.717, 1.165) is 22.3 Å². The third kappa shape index (κ3) is 4.20. The van der Waals surface area contributed by atoms with Crippen LogP contribution in [0.2, 0.25) is 0 Å². The quantitative estimate of drug-likeness (QED) is 0.503. The first-order valence-corrected chi connectivity index (χ1v) is 9.46. The van der Waals surface area contributed by atoms with Gasteiger partial charge in [0, 0.05) is 30.4 Å². The summed E-state index contributed by atoms with van der Waals surface area (Å²) in [5, 5.41) is 10.1. The largest absolute Gasteiger partial charge is 0.492 e. The van der Waals surface area contributed by atoms with Gasteiger partial charge in [0.2, 0.25) is 0 Å². The monoisotopic (exact) mass is 400 g/mol. The zero-order valence-corrected chi connectivity index (χ0v) is 16.4. The van der Waals surface area contributed by atoms with Crippen molar-refractivity contribution < 1.29 is 14.6 Å². The number of ether oxygens (including phenoxy) is 1. The summed E-state index contributed by atoms with van der Waals surface area (Å²) in [5.74, 6) is 0.945. The molecule has 0 unspecified atom stereocenters. The van der Waals surface area contributed by atoms with Gasteiger partial charge in [-0.25, -0.2) is 14.8 Å². The summed E-state index contributed by atoms with van der Waals surface area (Å²) in [5.41, 5.74) is 1.90. The number of hydrogen-bond acceptors (Lipinski definition) is 6. The Bertz CT molecular complexity index is 1180. The van der Waals surface area contributed by atoms with Gasteiger partial charge in [-0.05, 0) is 42.5 Å². The van der Waals surface area contributed by atoms with Crippen molar-refractivity contribution in [1.82, 2.24) is 15.0 Å². The molecule has 0 aliphatic heterocycles. The van der Waals surface area contributed by atoms with Gasteiger partial charge in [-0.3, -0.25) is 4.98 Å². The molecule has 7 nitrogen and oxygen atoms in total. The van der Waals surface area contributed by atoms with Crippen LogP contribution in [0.25, 0.3) is 22.3 Å². The van der Waals surface area contributed by atoms with Crippen molar-refractivity contribution in [2.24, 2.45) is 0 Å². The minimum Gasteiger partial charge on any atom is -0.492 e. The Hall–Kier alpha value is -4.00. The van der Waals surface area contributed by atoms with E-state index in [-0.39, 0.29) is 5.56 Å². The molecule has 4 rings (SSSR count). The van der Waals surface area contributed by atoms with Crippen molar-refractivity contribution in [2.75, 3.05) is 25.1 Å². The Kier molecular flexibility index (Phi) is 5.52. The van der Waals surface area contributed by atoms with Crippen molar-refractivity contribution in [3.05, 3.63) is 78.6 Å². The standard InChI is InChI=1S/C23H20N4O3/c1-27(12-13-30-18-8-4-6-16(14-18)23(28)29)22-19-9-2-3-10-20(19)25-21(26-22)17-7-5-11-24-15-17/h2-11,14-15H,12-13H2,1H3,(H,28,29). The van der Waals surface area contributed by atoms with E-state index in [4.69, 9.17) is 14.8 Å². The van der Waals surface area contributed by atoms with Gasteiger partial charge >= 0.3 is 5.97 Å². The summed E-state index contributed by atoms with van der Waals surface area (Å²) < 4.78 is 5.76. The lowest BCUT2D eigenvalue weighted by atomic mass is 10.2. The first-order valence-electron chi connectivity index (χ1n) is 9.46. The molecule has 0 aliphatic rings. The molecule has 0 spiro atoms. The second kappa shape index (κ2) is 8.57. The predicted molar refractivity (Wildman–Crippen MR) is 115 cm³/mol. The van der Waals surface area contributed by atoms with Crippen LogP contribution in [0, 0.1) is 0 Å². The number of carboxylic acids is 1.